The molecule has 0 aromatic carbocycles. The van der Waals surface area contributed by atoms with Crippen molar-refractivity contribution in [2.75, 3.05) is 39.6 Å². The first-order chi connectivity index (χ1) is 50.7. The number of aliphatic hydroxyl groups excluding tert-OH is 1. The Hall–Kier alpha value is -5.84. The Labute approximate surface area is 628 Å². The number of rotatable bonds is 71. The van der Waals surface area contributed by atoms with Gasteiger partial charge < -0.3 is 33.8 Å². The average molecular weight is 1490 g/mol. The number of unbranched alkanes of at least 4 members (excludes halogenated alkanes) is 16. The molecule has 0 aliphatic rings. The zero-order valence-electron chi connectivity index (χ0n) is 64.1. The molecule has 0 saturated carbocycles. The molecule has 0 rings (SSSR count). The number of carbonyl (C=O) groups is 4. The van der Waals surface area contributed by atoms with Crippen LogP contribution in [0.3, 0.4) is 0 Å². The molecule has 0 spiro atoms. The van der Waals surface area contributed by atoms with Crippen molar-refractivity contribution >= 4 is 39.5 Å². The predicted molar refractivity (Wildman–Crippen MR) is 426 cm³/mol. The highest BCUT2D eigenvalue weighted by Crippen LogP contribution is 2.45. The lowest BCUT2D eigenvalue weighted by molar-refractivity contribution is -0.161. The van der Waals surface area contributed by atoms with E-state index in [1.807, 2.05) is 18.2 Å². The van der Waals surface area contributed by atoms with E-state index in [1.54, 1.807) is 6.08 Å². The molecule has 0 radical (unpaired) electrons. The van der Waals surface area contributed by atoms with Crippen LogP contribution in [0.2, 0.25) is 0 Å². The van der Waals surface area contributed by atoms with Crippen LogP contribution in [0.15, 0.2) is 182 Å². The van der Waals surface area contributed by atoms with Crippen molar-refractivity contribution in [3.05, 3.63) is 182 Å². The van der Waals surface area contributed by atoms with Crippen LogP contribution in [0.25, 0.3) is 0 Å². The summed E-state index contributed by atoms with van der Waals surface area (Å²) >= 11 is 0. The SMILES string of the molecule is CC/C=C\C/C=C\C/C=C\C/C=C\C/C=C\CCCCCC(=O)OCC(COP(=O)(O)OCC(O)COP(=O)(O)OCC(COC(=O)C/C=C\C/C=C\C/C=C\C/C=C\C/C=C\CC)OC(=O)CCCCCCC/C=C\C/C=C\CCCCC)OC(=O)CCCCCCC/C=C\C/C=C\C/C=C\CC. The fourth-order valence-corrected chi connectivity index (χ4v) is 11.1. The minimum atomic E-state index is -5.01. The predicted octanol–water partition coefficient (Wildman–Crippen LogP) is 22.8. The Bertz CT molecular complexity index is 2690. The van der Waals surface area contributed by atoms with Crippen molar-refractivity contribution in [3.63, 3.8) is 0 Å². The molecule has 0 bridgehead atoms. The van der Waals surface area contributed by atoms with Gasteiger partial charge in [0, 0.05) is 19.3 Å². The highest BCUT2D eigenvalue weighted by atomic mass is 31.2. The van der Waals surface area contributed by atoms with Gasteiger partial charge in [-0.1, -0.05) is 268 Å². The molecule has 17 nitrogen and oxygen atoms in total. The Morgan fingerprint density at radius 3 is 0.865 bits per heavy atom. The molecule has 0 aliphatic heterocycles. The maximum atomic E-state index is 13.1. The van der Waals surface area contributed by atoms with Crippen LogP contribution in [0.4, 0.5) is 0 Å². The maximum Gasteiger partial charge on any atom is 0.472 e. The number of esters is 4. The van der Waals surface area contributed by atoms with Crippen LogP contribution in [-0.4, -0.2) is 96.7 Å². The van der Waals surface area contributed by atoms with Gasteiger partial charge in [0.2, 0.25) is 0 Å². The van der Waals surface area contributed by atoms with Gasteiger partial charge >= 0.3 is 39.5 Å². The summed E-state index contributed by atoms with van der Waals surface area (Å²) in [5.41, 5.74) is 0. The van der Waals surface area contributed by atoms with Crippen LogP contribution in [0, 0.1) is 0 Å². The lowest BCUT2D eigenvalue weighted by Gasteiger charge is -2.21. The zero-order chi connectivity index (χ0) is 76.0. The van der Waals surface area contributed by atoms with Crippen LogP contribution in [-0.2, 0) is 65.4 Å². The summed E-state index contributed by atoms with van der Waals surface area (Å²) in [6.45, 7) is 4.29. The van der Waals surface area contributed by atoms with E-state index < -0.39 is 97.5 Å². The molecule has 0 saturated heterocycles. The largest absolute Gasteiger partial charge is 0.472 e. The normalized spacial score (nSPS) is 14.9. The van der Waals surface area contributed by atoms with Crippen molar-refractivity contribution in [3.8, 4) is 0 Å². The van der Waals surface area contributed by atoms with Gasteiger partial charge in [0.15, 0.2) is 12.2 Å². The van der Waals surface area contributed by atoms with Crippen molar-refractivity contribution in [1.29, 1.82) is 0 Å². The first kappa shape index (κ1) is 98.2. The molecule has 5 unspecified atom stereocenters. The van der Waals surface area contributed by atoms with Crippen molar-refractivity contribution in [1.82, 2.24) is 0 Å². The first-order valence-electron chi connectivity index (χ1n) is 39.0. The molecular formula is C85H136O17P2. The van der Waals surface area contributed by atoms with Crippen LogP contribution >= 0.6 is 15.6 Å². The van der Waals surface area contributed by atoms with Crippen LogP contribution in [0.5, 0.6) is 0 Å². The number of hydrogen-bond acceptors (Lipinski definition) is 15. The van der Waals surface area contributed by atoms with E-state index in [9.17, 15) is 43.2 Å². The van der Waals surface area contributed by atoms with E-state index in [2.05, 4.69) is 186 Å². The fraction of sp³-hybridized carbons (Fsp3) is 0.600. The number of aliphatic hydroxyl groups is 1. The molecule has 0 fully saturated rings. The summed E-state index contributed by atoms with van der Waals surface area (Å²) < 4.78 is 68.4. The topological polar surface area (TPSA) is 237 Å². The van der Waals surface area contributed by atoms with E-state index in [0.717, 1.165) is 173 Å². The third kappa shape index (κ3) is 74.4. The van der Waals surface area contributed by atoms with Gasteiger partial charge in [-0.25, -0.2) is 9.13 Å². The highest BCUT2D eigenvalue weighted by Gasteiger charge is 2.30. The summed E-state index contributed by atoms with van der Waals surface area (Å²) in [7, 11) is -10.0. The quantitative estimate of drug-likeness (QED) is 0.0169. The second-order valence-corrected chi connectivity index (χ2v) is 28.1. The second-order valence-electron chi connectivity index (χ2n) is 25.2. The molecule has 19 heteroatoms. The molecule has 0 aromatic heterocycles. The fourth-order valence-electron chi connectivity index (χ4n) is 9.54. The number of phosphoric acid groups is 2. The molecule has 0 heterocycles. The van der Waals surface area contributed by atoms with E-state index in [-0.39, 0.29) is 25.7 Å². The third-order valence-corrected chi connectivity index (χ3v) is 17.3. The van der Waals surface area contributed by atoms with Gasteiger partial charge in [-0.2, -0.15) is 0 Å². The number of carbonyl (C=O) groups excluding carboxylic acids is 4. The van der Waals surface area contributed by atoms with Gasteiger partial charge in [-0.05, 0) is 161 Å². The second kappa shape index (κ2) is 75.4. The molecule has 0 aliphatic carbocycles. The Morgan fingerprint density at radius 1 is 0.288 bits per heavy atom. The molecule has 104 heavy (non-hydrogen) atoms. The van der Waals surface area contributed by atoms with E-state index in [0.29, 0.717) is 25.7 Å². The molecule has 0 amide bonds. The highest BCUT2D eigenvalue weighted by molar-refractivity contribution is 7.47. The number of phosphoric ester groups is 2. The molecule has 0 aromatic rings. The lowest BCUT2D eigenvalue weighted by atomic mass is 10.1. The van der Waals surface area contributed by atoms with Crippen molar-refractivity contribution < 1.29 is 80.2 Å². The van der Waals surface area contributed by atoms with Gasteiger partial charge in [-0.3, -0.25) is 37.3 Å². The van der Waals surface area contributed by atoms with Gasteiger partial charge in [0.25, 0.3) is 0 Å². The van der Waals surface area contributed by atoms with E-state index >= 15 is 0 Å². The van der Waals surface area contributed by atoms with Gasteiger partial charge in [0.1, 0.15) is 19.3 Å². The molecular weight excluding hydrogens is 1350 g/mol. The Morgan fingerprint density at radius 2 is 0.538 bits per heavy atom. The van der Waals surface area contributed by atoms with Gasteiger partial charge in [-0.15, -0.1) is 0 Å². The minimum absolute atomic E-state index is 0.0521. The smallest absolute Gasteiger partial charge is 0.462 e. The third-order valence-electron chi connectivity index (χ3n) is 15.4. The summed E-state index contributed by atoms with van der Waals surface area (Å²) in [4.78, 5) is 72.9. The van der Waals surface area contributed by atoms with Crippen LogP contribution < -0.4 is 0 Å². The van der Waals surface area contributed by atoms with E-state index in [4.69, 9.17) is 37.0 Å². The monoisotopic (exact) mass is 1490 g/mol. The molecule has 5 atom stereocenters. The summed E-state index contributed by atoms with van der Waals surface area (Å²) in [5, 5.41) is 10.6. The Kier molecular flexibility index (Phi) is 71.2. The Balaban J connectivity index is 5.50. The number of hydrogen-bond donors (Lipinski definition) is 3. The summed E-state index contributed by atoms with van der Waals surface area (Å²) in [6.07, 6.45) is 90.5. The molecule has 588 valence electrons. The van der Waals surface area contributed by atoms with Gasteiger partial charge in [0.05, 0.1) is 32.8 Å². The van der Waals surface area contributed by atoms with Crippen molar-refractivity contribution in [2.45, 2.75) is 290 Å². The van der Waals surface area contributed by atoms with E-state index in [1.165, 1.54) is 19.3 Å². The minimum Gasteiger partial charge on any atom is -0.462 e. The zero-order valence-corrected chi connectivity index (χ0v) is 65.9. The van der Waals surface area contributed by atoms with Crippen LogP contribution in [0.1, 0.15) is 272 Å². The lowest BCUT2D eigenvalue weighted by Crippen LogP contribution is -2.30. The summed E-state index contributed by atoms with van der Waals surface area (Å²) in [5.74, 6) is -2.41. The molecule has 3 N–H and O–H groups in total. The maximum absolute atomic E-state index is 13.1. The summed E-state index contributed by atoms with van der Waals surface area (Å²) in [6, 6.07) is 0. The van der Waals surface area contributed by atoms with Crippen molar-refractivity contribution in [2.24, 2.45) is 0 Å². The first-order valence-corrected chi connectivity index (χ1v) is 42.0. The number of ether oxygens (including phenoxy) is 4. The standard InChI is InChI=1S/C85H136O17P2/c1-5-9-13-17-21-25-29-33-37-38-39-40-44-46-50-54-58-62-66-70-83(88)96-76-81(102-85(90)72-68-64-60-56-52-48-43-36-32-28-24-20-16-12-8-4)78-100-104(93,94)98-74-79(86)73-97-103(91,92)99-77-80(101-84(89)71-67-63-59-55-51-47-42-35-31-27-23-19-15-11-7-3)75-95-82(87)69-65-61-57-53-49-45-41-34-30-26-22-18-14-10-6-2/h9-10,12-14,16,21-28,33-37,39-43,46,49-50,53,61,65,79-81,86H,5-8,11,15,17-20,29-32,38,44-45,47-48,51-52,54-60,62-64,66-78H2,1-4H3,(H,91,92)(H,93,94)/b13-9-,14-10-,16-12-,25-21-,26-22-,27-23-,28-24-,37-33-,40-39-,41-34-,42-35-,43-36-,50-46-,53-49-,65-61-. The number of allylic oxidation sites excluding steroid dienone is 29. The average Bonchev–Trinajstić information content (AvgIpc) is 0.918.